The van der Waals surface area contributed by atoms with Gasteiger partial charge in [-0.15, -0.1) is 0 Å². The van der Waals surface area contributed by atoms with Crippen molar-refractivity contribution in [1.82, 2.24) is 0 Å². The van der Waals surface area contributed by atoms with E-state index in [0.717, 1.165) is 11.1 Å². The Morgan fingerprint density at radius 1 is 0.958 bits per heavy atom. The van der Waals surface area contributed by atoms with E-state index in [-0.39, 0.29) is 11.5 Å². The molecule has 2 aromatic carbocycles. The number of carbonyl (C=O) groups is 1. The number of hydrogen-bond donors (Lipinski definition) is 1. The number of methoxy groups -OCH3 is 3. The summed E-state index contributed by atoms with van der Waals surface area (Å²) in [6.07, 6.45) is 2.33. The van der Waals surface area contributed by atoms with E-state index in [4.69, 9.17) is 14.2 Å². The molecule has 0 spiro atoms. The van der Waals surface area contributed by atoms with Crippen molar-refractivity contribution >= 4 is 11.9 Å². The van der Waals surface area contributed by atoms with Gasteiger partial charge in [0.1, 0.15) is 0 Å². The first-order valence-corrected chi connectivity index (χ1v) is 7.44. The maximum atomic E-state index is 12.6. The van der Waals surface area contributed by atoms with Gasteiger partial charge >= 0.3 is 0 Å². The lowest BCUT2D eigenvalue weighted by molar-refractivity contribution is 0.104. The number of aromatic hydroxyl groups is 1. The molecule has 124 valence electrons. The highest BCUT2D eigenvalue weighted by Gasteiger charge is 2.27. The molecule has 0 heterocycles. The highest BCUT2D eigenvalue weighted by molar-refractivity contribution is 6.16. The van der Waals surface area contributed by atoms with E-state index >= 15 is 0 Å². The number of hydrogen-bond acceptors (Lipinski definition) is 5. The lowest BCUT2D eigenvalue weighted by atomic mass is 10.1. The zero-order valence-corrected chi connectivity index (χ0v) is 13.8. The molecule has 1 N–H and O–H groups in total. The second-order valence-electron chi connectivity index (χ2n) is 5.47. The fourth-order valence-electron chi connectivity index (χ4n) is 2.84. The quantitative estimate of drug-likeness (QED) is 0.874. The molecule has 3 rings (SSSR count). The van der Waals surface area contributed by atoms with E-state index in [2.05, 4.69) is 0 Å². The molecule has 0 bridgehead atoms. The molecule has 1 aliphatic carbocycles. The van der Waals surface area contributed by atoms with Crippen molar-refractivity contribution in [1.29, 1.82) is 0 Å². The van der Waals surface area contributed by atoms with E-state index in [1.165, 1.54) is 7.11 Å². The summed E-state index contributed by atoms with van der Waals surface area (Å²) in [5.74, 6) is 1.55. The minimum atomic E-state index is -0.0296. The molecular formula is C19H18O5. The predicted octanol–water partition coefficient (Wildman–Crippen LogP) is 3.24. The molecule has 0 aromatic heterocycles. The van der Waals surface area contributed by atoms with Crippen LogP contribution in [-0.2, 0) is 6.42 Å². The van der Waals surface area contributed by atoms with Gasteiger partial charge < -0.3 is 19.3 Å². The summed E-state index contributed by atoms with van der Waals surface area (Å²) >= 11 is 0. The van der Waals surface area contributed by atoms with Gasteiger partial charge in [-0.25, -0.2) is 0 Å². The number of phenolic OH excluding ortho intramolecular Hbond substituents is 1. The fourth-order valence-corrected chi connectivity index (χ4v) is 2.84. The SMILES string of the molecule is COc1cc(/C=C2/Cc3cc(OC)c(OC)cc3C2=O)ccc1O. The third kappa shape index (κ3) is 2.69. The van der Waals surface area contributed by atoms with Gasteiger partial charge in [-0.2, -0.15) is 0 Å². The Morgan fingerprint density at radius 2 is 1.62 bits per heavy atom. The van der Waals surface area contributed by atoms with Crippen molar-refractivity contribution in [2.24, 2.45) is 0 Å². The van der Waals surface area contributed by atoms with Gasteiger partial charge in [-0.1, -0.05) is 6.07 Å². The molecule has 24 heavy (non-hydrogen) atoms. The number of ketones is 1. The lowest BCUT2D eigenvalue weighted by Crippen LogP contribution is -1.97. The van der Waals surface area contributed by atoms with Gasteiger partial charge in [0.25, 0.3) is 0 Å². The van der Waals surface area contributed by atoms with Crippen LogP contribution in [0, 0.1) is 0 Å². The fraction of sp³-hybridized carbons (Fsp3) is 0.211. The van der Waals surface area contributed by atoms with Gasteiger partial charge in [0, 0.05) is 17.6 Å². The minimum absolute atomic E-state index is 0.0296. The van der Waals surface area contributed by atoms with Crippen LogP contribution in [0.4, 0.5) is 0 Å². The highest BCUT2D eigenvalue weighted by atomic mass is 16.5. The monoisotopic (exact) mass is 326 g/mol. The molecule has 0 saturated carbocycles. The number of ether oxygens (including phenoxy) is 3. The highest BCUT2D eigenvalue weighted by Crippen LogP contribution is 2.37. The average Bonchev–Trinajstić information content (AvgIpc) is 2.90. The maximum Gasteiger partial charge on any atom is 0.189 e. The second-order valence-corrected chi connectivity index (χ2v) is 5.47. The van der Waals surface area contributed by atoms with Crippen LogP contribution in [0.15, 0.2) is 35.9 Å². The molecular weight excluding hydrogens is 308 g/mol. The van der Waals surface area contributed by atoms with Crippen LogP contribution in [0.5, 0.6) is 23.0 Å². The Bertz CT molecular complexity index is 836. The van der Waals surface area contributed by atoms with Crippen LogP contribution < -0.4 is 14.2 Å². The lowest BCUT2D eigenvalue weighted by Gasteiger charge is -2.08. The number of carbonyl (C=O) groups excluding carboxylic acids is 1. The summed E-state index contributed by atoms with van der Waals surface area (Å²) in [6, 6.07) is 8.53. The smallest absolute Gasteiger partial charge is 0.189 e. The summed E-state index contributed by atoms with van der Waals surface area (Å²) in [4.78, 5) is 12.6. The summed E-state index contributed by atoms with van der Waals surface area (Å²) in [7, 11) is 4.60. The second kappa shape index (κ2) is 6.28. The number of Topliss-reactive ketones (excluding diaryl/α,β-unsaturated/α-hetero) is 1. The number of benzene rings is 2. The summed E-state index contributed by atoms with van der Waals surface area (Å²) < 4.78 is 15.7. The molecule has 0 fully saturated rings. The van der Waals surface area contributed by atoms with E-state index in [0.29, 0.717) is 34.8 Å². The molecule has 0 saturated heterocycles. The number of rotatable bonds is 4. The number of allylic oxidation sites excluding steroid dienone is 1. The first-order valence-electron chi connectivity index (χ1n) is 7.44. The van der Waals surface area contributed by atoms with Gasteiger partial charge in [-0.3, -0.25) is 4.79 Å². The van der Waals surface area contributed by atoms with E-state index in [9.17, 15) is 9.90 Å². The molecule has 1 aliphatic rings. The zero-order valence-electron chi connectivity index (χ0n) is 13.8. The van der Waals surface area contributed by atoms with Gasteiger partial charge in [-0.05, 0) is 41.5 Å². The van der Waals surface area contributed by atoms with Crippen molar-refractivity contribution in [3.05, 3.63) is 52.6 Å². The van der Waals surface area contributed by atoms with Gasteiger partial charge in [0.15, 0.2) is 28.8 Å². The predicted molar refractivity (Wildman–Crippen MR) is 90.2 cm³/mol. The van der Waals surface area contributed by atoms with Crippen LogP contribution in [0.2, 0.25) is 0 Å². The Morgan fingerprint density at radius 3 is 2.29 bits per heavy atom. The summed E-state index contributed by atoms with van der Waals surface area (Å²) in [5.41, 5.74) is 3.01. The molecule has 5 heteroatoms. The zero-order chi connectivity index (χ0) is 17.3. The van der Waals surface area contributed by atoms with Crippen molar-refractivity contribution in [3.8, 4) is 23.0 Å². The Kier molecular flexibility index (Phi) is 4.16. The average molecular weight is 326 g/mol. The third-order valence-corrected chi connectivity index (χ3v) is 4.07. The molecule has 0 unspecified atom stereocenters. The molecule has 5 nitrogen and oxygen atoms in total. The van der Waals surface area contributed by atoms with Crippen molar-refractivity contribution in [2.75, 3.05) is 21.3 Å². The Labute approximate surface area is 140 Å². The van der Waals surface area contributed by atoms with Crippen LogP contribution in [0.25, 0.3) is 6.08 Å². The molecule has 0 atom stereocenters. The van der Waals surface area contributed by atoms with Crippen LogP contribution in [0.3, 0.4) is 0 Å². The number of fused-ring (bicyclic) bond motifs is 1. The molecule has 2 aromatic rings. The van der Waals surface area contributed by atoms with Crippen molar-refractivity contribution < 1.29 is 24.1 Å². The molecule has 0 radical (unpaired) electrons. The minimum Gasteiger partial charge on any atom is -0.504 e. The summed E-state index contributed by atoms with van der Waals surface area (Å²) in [5, 5.41) is 9.66. The third-order valence-electron chi connectivity index (χ3n) is 4.07. The van der Waals surface area contributed by atoms with E-state index < -0.39 is 0 Å². The van der Waals surface area contributed by atoms with E-state index in [1.54, 1.807) is 38.5 Å². The largest absolute Gasteiger partial charge is 0.504 e. The summed E-state index contributed by atoms with van der Waals surface area (Å²) in [6.45, 7) is 0. The Hall–Kier alpha value is -2.95. The van der Waals surface area contributed by atoms with Gasteiger partial charge in [0.05, 0.1) is 21.3 Å². The molecule has 0 amide bonds. The first kappa shape index (κ1) is 15.9. The Balaban J connectivity index is 1.98. The van der Waals surface area contributed by atoms with Crippen LogP contribution >= 0.6 is 0 Å². The van der Waals surface area contributed by atoms with Crippen LogP contribution in [0.1, 0.15) is 21.5 Å². The molecule has 0 aliphatic heterocycles. The van der Waals surface area contributed by atoms with Crippen molar-refractivity contribution in [2.45, 2.75) is 6.42 Å². The number of phenols is 1. The maximum absolute atomic E-state index is 12.6. The topological polar surface area (TPSA) is 65.0 Å². The van der Waals surface area contributed by atoms with Crippen molar-refractivity contribution in [3.63, 3.8) is 0 Å². The normalized spacial score (nSPS) is 14.6. The van der Waals surface area contributed by atoms with E-state index in [1.807, 2.05) is 12.1 Å². The first-order chi connectivity index (χ1) is 11.6. The van der Waals surface area contributed by atoms with Gasteiger partial charge in [0.2, 0.25) is 0 Å². The van der Waals surface area contributed by atoms with Crippen LogP contribution in [-0.4, -0.2) is 32.2 Å². The standard InChI is InChI=1S/C19H18O5/c1-22-16-7-11(4-5-15(16)20)6-13-8-12-9-17(23-2)18(24-3)10-14(12)19(13)21/h4-7,9-10,20H,8H2,1-3H3/b13-6-.